The number of hydrogen-bond acceptors (Lipinski definition) is 4. The average molecular weight is 376 g/mol. The number of aromatic nitrogens is 2. The topological polar surface area (TPSA) is 47.0 Å². The summed E-state index contributed by atoms with van der Waals surface area (Å²) in [6, 6.07) is 18.5. The van der Waals surface area contributed by atoms with Gasteiger partial charge in [-0.05, 0) is 66.1 Å². The highest BCUT2D eigenvalue weighted by atomic mass is 16.5. The number of ether oxygens (including phenoxy) is 1. The van der Waals surface area contributed by atoms with E-state index in [2.05, 4.69) is 59.5 Å². The minimum absolute atomic E-state index is 0.0910. The molecule has 0 aliphatic rings. The van der Waals surface area contributed by atoms with Gasteiger partial charge in [0.2, 0.25) is 0 Å². The largest absolute Gasteiger partial charge is 0.494 e. The average Bonchev–Trinajstić information content (AvgIpc) is 2.76. The van der Waals surface area contributed by atoms with Crippen LogP contribution in [0.3, 0.4) is 0 Å². The smallest absolute Gasteiger partial charge is 0.125 e. The molecule has 1 atom stereocenters. The van der Waals surface area contributed by atoms with Crippen LogP contribution in [0.2, 0.25) is 0 Å². The van der Waals surface area contributed by atoms with Gasteiger partial charge in [-0.3, -0.25) is 4.98 Å². The molecule has 4 nitrogen and oxygen atoms in total. The summed E-state index contributed by atoms with van der Waals surface area (Å²) < 4.78 is 5.87. The molecule has 0 amide bonds. The highest BCUT2D eigenvalue weighted by molar-refractivity contribution is 5.33. The molecule has 0 fully saturated rings. The van der Waals surface area contributed by atoms with Gasteiger partial charge in [-0.15, -0.1) is 0 Å². The molecule has 1 unspecified atom stereocenters. The highest BCUT2D eigenvalue weighted by Gasteiger charge is 2.25. The Balaban J connectivity index is 1.46. The fourth-order valence-electron chi connectivity index (χ4n) is 3.25. The predicted octanol–water partition coefficient (Wildman–Crippen LogP) is 5.27. The number of rotatable bonds is 10. The van der Waals surface area contributed by atoms with E-state index in [0.29, 0.717) is 6.61 Å². The van der Waals surface area contributed by atoms with Crippen molar-refractivity contribution >= 4 is 5.82 Å². The second-order valence-electron chi connectivity index (χ2n) is 7.32. The van der Waals surface area contributed by atoms with Crippen molar-refractivity contribution in [1.29, 1.82) is 0 Å². The van der Waals surface area contributed by atoms with E-state index >= 15 is 0 Å². The standard InChI is InChI=1S/C24H29N3O/c1-3-24(2,21-8-6-14-25-19-21)18-20-10-12-22(13-11-20)28-17-7-16-27-23-9-4-5-15-26-23/h4-6,8-15,19H,3,7,16-18H2,1-2H3,(H,26,27). The van der Waals surface area contributed by atoms with E-state index in [9.17, 15) is 0 Å². The van der Waals surface area contributed by atoms with Gasteiger partial charge in [-0.25, -0.2) is 4.98 Å². The number of benzene rings is 1. The maximum absolute atomic E-state index is 5.87. The molecular formula is C24H29N3O. The molecule has 0 saturated carbocycles. The molecule has 3 rings (SSSR count). The lowest BCUT2D eigenvalue weighted by Gasteiger charge is -2.28. The zero-order chi connectivity index (χ0) is 19.7. The Kier molecular flexibility index (Phi) is 7.01. The lowest BCUT2D eigenvalue weighted by atomic mass is 9.76. The molecule has 0 radical (unpaired) electrons. The molecule has 0 saturated heterocycles. The minimum atomic E-state index is 0.0910. The van der Waals surface area contributed by atoms with Crippen molar-refractivity contribution in [3.63, 3.8) is 0 Å². The number of nitrogens with zero attached hydrogens (tertiary/aromatic N) is 2. The van der Waals surface area contributed by atoms with E-state index < -0.39 is 0 Å². The normalized spacial score (nSPS) is 12.9. The van der Waals surface area contributed by atoms with Gasteiger partial charge in [0, 0.05) is 25.1 Å². The Morgan fingerprint density at radius 1 is 1.00 bits per heavy atom. The number of nitrogens with one attached hydrogen (secondary N) is 1. The van der Waals surface area contributed by atoms with Crippen molar-refractivity contribution < 1.29 is 4.74 Å². The summed E-state index contributed by atoms with van der Waals surface area (Å²) in [6.45, 7) is 6.07. The van der Waals surface area contributed by atoms with Crippen LogP contribution in [-0.2, 0) is 11.8 Å². The van der Waals surface area contributed by atoms with E-state index in [4.69, 9.17) is 4.74 Å². The maximum Gasteiger partial charge on any atom is 0.125 e. The summed E-state index contributed by atoms with van der Waals surface area (Å²) in [7, 11) is 0. The molecule has 28 heavy (non-hydrogen) atoms. The lowest BCUT2D eigenvalue weighted by molar-refractivity contribution is 0.315. The Hall–Kier alpha value is -2.88. The van der Waals surface area contributed by atoms with Crippen LogP contribution >= 0.6 is 0 Å². The minimum Gasteiger partial charge on any atom is -0.494 e. The van der Waals surface area contributed by atoms with Gasteiger partial charge in [0.1, 0.15) is 11.6 Å². The van der Waals surface area contributed by atoms with E-state index in [1.807, 2.05) is 36.7 Å². The van der Waals surface area contributed by atoms with E-state index in [1.165, 1.54) is 11.1 Å². The van der Waals surface area contributed by atoms with Gasteiger partial charge in [0.05, 0.1) is 6.61 Å². The van der Waals surface area contributed by atoms with Crippen LogP contribution in [-0.4, -0.2) is 23.1 Å². The fourth-order valence-corrected chi connectivity index (χ4v) is 3.25. The second-order valence-corrected chi connectivity index (χ2v) is 7.32. The van der Waals surface area contributed by atoms with Crippen molar-refractivity contribution in [2.45, 2.75) is 38.5 Å². The van der Waals surface area contributed by atoms with Crippen molar-refractivity contribution in [1.82, 2.24) is 9.97 Å². The van der Waals surface area contributed by atoms with Gasteiger partial charge < -0.3 is 10.1 Å². The van der Waals surface area contributed by atoms with Gasteiger partial charge >= 0.3 is 0 Å². The summed E-state index contributed by atoms with van der Waals surface area (Å²) in [5.74, 6) is 1.82. The first-order chi connectivity index (χ1) is 13.7. The Morgan fingerprint density at radius 3 is 2.54 bits per heavy atom. The molecule has 2 aromatic heterocycles. The van der Waals surface area contributed by atoms with Gasteiger partial charge in [-0.1, -0.05) is 38.1 Å². The Labute approximate surface area is 168 Å². The summed E-state index contributed by atoms with van der Waals surface area (Å²) in [4.78, 5) is 8.54. The van der Waals surface area contributed by atoms with Crippen molar-refractivity contribution in [2.75, 3.05) is 18.5 Å². The fraction of sp³-hybridized carbons (Fsp3) is 0.333. The molecule has 1 aromatic carbocycles. The summed E-state index contributed by atoms with van der Waals surface area (Å²) in [5.41, 5.74) is 2.70. The monoisotopic (exact) mass is 375 g/mol. The third-order valence-corrected chi connectivity index (χ3v) is 5.22. The van der Waals surface area contributed by atoms with Crippen LogP contribution in [0.15, 0.2) is 73.2 Å². The van der Waals surface area contributed by atoms with E-state index in [1.54, 1.807) is 6.20 Å². The van der Waals surface area contributed by atoms with Gasteiger partial charge in [0.25, 0.3) is 0 Å². The van der Waals surface area contributed by atoms with Crippen LogP contribution in [0.5, 0.6) is 5.75 Å². The molecule has 0 bridgehead atoms. The third kappa shape index (κ3) is 5.56. The molecule has 4 heteroatoms. The van der Waals surface area contributed by atoms with Crippen molar-refractivity contribution in [3.05, 3.63) is 84.3 Å². The second kappa shape index (κ2) is 9.88. The highest BCUT2D eigenvalue weighted by Crippen LogP contribution is 2.31. The van der Waals surface area contributed by atoms with Crippen molar-refractivity contribution in [3.8, 4) is 5.75 Å². The Morgan fingerprint density at radius 2 is 1.86 bits per heavy atom. The number of hydrogen-bond donors (Lipinski definition) is 1. The third-order valence-electron chi connectivity index (χ3n) is 5.22. The molecule has 0 spiro atoms. The quantitative estimate of drug-likeness (QED) is 0.491. The maximum atomic E-state index is 5.87. The van der Waals surface area contributed by atoms with Crippen LogP contribution in [0.25, 0.3) is 0 Å². The van der Waals surface area contributed by atoms with E-state index in [-0.39, 0.29) is 5.41 Å². The molecule has 2 heterocycles. The van der Waals surface area contributed by atoms with Gasteiger partial charge in [0.15, 0.2) is 0 Å². The van der Waals surface area contributed by atoms with Gasteiger partial charge in [-0.2, -0.15) is 0 Å². The summed E-state index contributed by atoms with van der Waals surface area (Å²) in [5, 5.41) is 3.29. The first-order valence-corrected chi connectivity index (χ1v) is 9.97. The summed E-state index contributed by atoms with van der Waals surface area (Å²) >= 11 is 0. The molecule has 1 N–H and O–H groups in total. The predicted molar refractivity (Wildman–Crippen MR) is 115 cm³/mol. The first-order valence-electron chi connectivity index (χ1n) is 9.97. The molecule has 3 aromatic rings. The zero-order valence-electron chi connectivity index (χ0n) is 16.8. The first kappa shape index (κ1) is 19.9. The summed E-state index contributed by atoms with van der Waals surface area (Å²) in [6.07, 6.45) is 8.59. The van der Waals surface area contributed by atoms with Crippen molar-refractivity contribution in [2.24, 2.45) is 0 Å². The molecular weight excluding hydrogens is 346 g/mol. The zero-order valence-corrected chi connectivity index (χ0v) is 16.8. The van der Waals surface area contributed by atoms with Crippen LogP contribution < -0.4 is 10.1 Å². The SMILES string of the molecule is CCC(C)(Cc1ccc(OCCCNc2ccccn2)cc1)c1cccnc1. The lowest BCUT2D eigenvalue weighted by Crippen LogP contribution is -2.24. The molecule has 0 aliphatic heterocycles. The number of anilines is 1. The van der Waals surface area contributed by atoms with Crippen LogP contribution in [0.4, 0.5) is 5.82 Å². The van der Waals surface area contributed by atoms with E-state index in [0.717, 1.165) is 37.4 Å². The van der Waals surface area contributed by atoms with Crippen LogP contribution in [0, 0.1) is 0 Å². The number of pyridine rings is 2. The Bertz CT molecular complexity index is 821. The molecule has 146 valence electrons. The molecule has 0 aliphatic carbocycles. The van der Waals surface area contributed by atoms with Crippen LogP contribution in [0.1, 0.15) is 37.8 Å².